The van der Waals surface area contributed by atoms with Gasteiger partial charge in [0.05, 0.1) is 26.7 Å². The van der Waals surface area contributed by atoms with Crippen molar-refractivity contribution in [3.05, 3.63) is 30.0 Å². The van der Waals surface area contributed by atoms with Crippen LogP contribution in [0.4, 0.5) is 0 Å². The van der Waals surface area contributed by atoms with Gasteiger partial charge >= 0.3 is 0 Å². The number of fused-ring (bicyclic) bond motifs is 1. The molecule has 0 bridgehead atoms. The molecule has 1 aromatic carbocycles. The Kier molecular flexibility index (Phi) is 4.71. The van der Waals surface area contributed by atoms with Gasteiger partial charge in [-0.05, 0) is 17.7 Å². The van der Waals surface area contributed by atoms with E-state index in [1.165, 1.54) is 0 Å². The van der Waals surface area contributed by atoms with E-state index in [1.54, 1.807) is 19.1 Å². The fourth-order valence-electron chi connectivity index (χ4n) is 3.00. The van der Waals surface area contributed by atoms with Gasteiger partial charge < -0.3 is 24.7 Å². The zero-order valence-corrected chi connectivity index (χ0v) is 13.8. The lowest BCUT2D eigenvalue weighted by molar-refractivity contribution is -0.146. The Hall–Kier alpha value is -2.54. The van der Waals surface area contributed by atoms with E-state index in [2.05, 4.69) is 10.3 Å². The van der Waals surface area contributed by atoms with Crippen molar-refractivity contribution in [2.45, 2.75) is 12.5 Å². The van der Waals surface area contributed by atoms with Crippen molar-refractivity contribution in [2.75, 3.05) is 33.9 Å². The second kappa shape index (κ2) is 6.92. The molecule has 1 aliphatic rings. The molecule has 0 saturated carbocycles. The number of morpholine rings is 1. The van der Waals surface area contributed by atoms with Gasteiger partial charge in [-0.2, -0.15) is 0 Å². The molecule has 2 heterocycles. The first-order chi connectivity index (χ1) is 11.6. The maximum absolute atomic E-state index is 12.6. The number of nitrogens with one attached hydrogen (secondary N) is 2. The summed E-state index contributed by atoms with van der Waals surface area (Å²) in [5.74, 6) is 0.502. The molecule has 3 rings (SSSR count). The number of rotatable bonds is 4. The Morgan fingerprint density at radius 3 is 3.04 bits per heavy atom. The Morgan fingerprint density at radius 2 is 2.29 bits per heavy atom. The van der Waals surface area contributed by atoms with Crippen molar-refractivity contribution in [1.82, 2.24) is 15.2 Å². The molecule has 128 valence electrons. The molecule has 0 radical (unpaired) electrons. The van der Waals surface area contributed by atoms with Gasteiger partial charge in [0.1, 0.15) is 5.75 Å². The van der Waals surface area contributed by atoms with Crippen molar-refractivity contribution in [1.29, 1.82) is 0 Å². The number of benzene rings is 1. The van der Waals surface area contributed by atoms with Crippen molar-refractivity contribution in [2.24, 2.45) is 0 Å². The molecule has 2 amide bonds. The lowest BCUT2D eigenvalue weighted by atomic mass is 10.1. The van der Waals surface area contributed by atoms with Crippen molar-refractivity contribution in [3.63, 3.8) is 0 Å². The minimum absolute atomic E-state index is 0.0287. The monoisotopic (exact) mass is 331 g/mol. The molecule has 1 unspecified atom stereocenters. The molecule has 1 aromatic heterocycles. The molecule has 0 aliphatic carbocycles. The van der Waals surface area contributed by atoms with Gasteiger partial charge in [0, 0.05) is 30.7 Å². The Balaban J connectivity index is 1.76. The van der Waals surface area contributed by atoms with E-state index in [0.29, 0.717) is 13.2 Å². The number of ether oxygens (including phenoxy) is 2. The molecular formula is C17H21N3O4. The summed E-state index contributed by atoms with van der Waals surface area (Å²) in [5.41, 5.74) is 1.82. The van der Waals surface area contributed by atoms with Gasteiger partial charge in [0.25, 0.3) is 5.91 Å². The van der Waals surface area contributed by atoms with Crippen LogP contribution in [-0.2, 0) is 20.7 Å². The SMILES string of the molecule is CNC(=O)C1CN(C(=O)Cc2c[nH]c3cccc(OC)c23)CCO1. The van der Waals surface area contributed by atoms with Crippen LogP contribution < -0.4 is 10.1 Å². The van der Waals surface area contributed by atoms with Crippen LogP contribution >= 0.6 is 0 Å². The number of amides is 2. The van der Waals surface area contributed by atoms with Crippen LogP contribution in [0.5, 0.6) is 5.75 Å². The van der Waals surface area contributed by atoms with Crippen LogP contribution in [0.15, 0.2) is 24.4 Å². The minimum Gasteiger partial charge on any atom is -0.496 e. The van der Waals surface area contributed by atoms with Crippen molar-refractivity contribution >= 4 is 22.7 Å². The molecule has 24 heavy (non-hydrogen) atoms. The normalized spacial score (nSPS) is 17.8. The number of aromatic amines is 1. The lowest BCUT2D eigenvalue weighted by Gasteiger charge is -2.32. The predicted molar refractivity (Wildman–Crippen MR) is 88.9 cm³/mol. The third-order valence-electron chi connectivity index (χ3n) is 4.27. The first-order valence-electron chi connectivity index (χ1n) is 7.88. The first kappa shape index (κ1) is 16.3. The fraction of sp³-hybridized carbons (Fsp3) is 0.412. The molecule has 1 saturated heterocycles. The highest BCUT2D eigenvalue weighted by molar-refractivity contribution is 5.93. The summed E-state index contributed by atoms with van der Waals surface area (Å²) in [6, 6.07) is 5.72. The Bertz CT molecular complexity index is 755. The van der Waals surface area contributed by atoms with E-state index < -0.39 is 6.10 Å². The largest absolute Gasteiger partial charge is 0.496 e. The van der Waals surface area contributed by atoms with E-state index in [4.69, 9.17) is 9.47 Å². The Labute approximate surface area is 139 Å². The highest BCUT2D eigenvalue weighted by Gasteiger charge is 2.29. The number of carbonyl (C=O) groups is 2. The maximum Gasteiger partial charge on any atom is 0.250 e. The van der Waals surface area contributed by atoms with Crippen LogP contribution in [0.1, 0.15) is 5.56 Å². The van der Waals surface area contributed by atoms with E-state index in [1.807, 2.05) is 24.4 Å². The molecule has 7 heteroatoms. The van der Waals surface area contributed by atoms with E-state index >= 15 is 0 Å². The number of carbonyl (C=O) groups excluding carboxylic acids is 2. The van der Waals surface area contributed by atoms with E-state index in [0.717, 1.165) is 22.2 Å². The predicted octanol–water partition coefficient (Wildman–Crippen LogP) is 0.692. The standard InChI is InChI=1S/C17H21N3O4/c1-18-17(22)14-10-20(6-7-24-14)15(21)8-11-9-19-12-4-3-5-13(23-2)16(11)12/h3-5,9,14,19H,6-8,10H2,1-2H3,(H,18,22). The molecule has 7 nitrogen and oxygen atoms in total. The second-order valence-electron chi connectivity index (χ2n) is 5.69. The first-order valence-corrected chi connectivity index (χ1v) is 7.88. The average Bonchev–Trinajstić information content (AvgIpc) is 3.04. The molecule has 1 atom stereocenters. The summed E-state index contributed by atoms with van der Waals surface area (Å²) < 4.78 is 10.8. The topological polar surface area (TPSA) is 83.7 Å². The van der Waals surface area contributed by atoms with Gasteiger partial charge in [-0.1, -0.05) is 6.07 Å². The van der Waals surface area contributed by atoms with E-state index in [9.17, 15) is 9.59 Å². The fourth-order valence-corrected chi connectivity index (χ4v) is 3.00. The van der Waals surface area contributed by atoms with Crippen molar-refractivity contribution in [3.8, 4) is 5.75 Å². The average molecular weight is 331 g/mol. The molecule has 2 N–H and O–H groups in total. The summed E-state index contributed by atoms with van der Waals surface area (Å²) in [4.78, 5) is 29.2. The maximum atomic E-state index is 12.6. The third-order valence-corrected chi connectivity index (χ3v) is 4.27. The summed E-state index contributed by atoms with van der Waals surface area (Å²) in [6.45, 7) is 1.13. The van der Waals surface area contributed by atoms with Crippen molar-refractivity contribution < 1.29 is 19.1 Å². The smallest absolute Gasteiger partial charge is 0.250 e. The van der Waals surface area contributed by atoms with Gasteiger partial charge in [0.2, 0.25) is 5.91 Å². The zero-order valence-electron chi connectivity index (χ0n) is 13.8. The van der Waals surface area contributed by atoms with Gasteiger partial charge in [-0.15, -0.1) is 0 Å². The quantitative estimate of drug-likeness (QED) is 0.863. The number of hydrogen-bond donors (Lipinski definition) is 2. The molecule has 1 fully saturated rings. The number of likely N-dealkylation sites (N-methyl/N-ethyl adjacent to an activating group) is 1. The number of methoxy groups -OCH3 is 1. The van der Waals surface area contributed by atoms with Gasteiger partial charge in [-0.3, -0.25) is 9.59 Å². The molecule has 2 aromatic rings. The molecular weight excluding hydrogens is 310 g/mol. The number of hydrogen-bond acceptors (Lipinski definition) is 4. The minimum atomic E-state index is -0.606. The summed E-state index contributed by atoms with van der Waals surface area (Å²) in [7, 11) is 3.17. The zero-order chi connectivity index (χ0) is 17.1. The summed E-state index contributed by atoms with van der Waals surface area (Å²) in [5, 5.41) is 3.48. The van der Waals surface area contributed by atoms with Crippen LogP contribution in [0.25, 0.3) is 10.9 Å². The van der Waals surface area contributed by atoms with Crippen LogP contribution in [0.2, 0.25) is 0 Å². The van der Waals surface area contributed by atoms with E-state index in [-0.39, 0.29) is 24.8 Å². The molecule has 0 spiro atoms. The van der Waals surface area contributed by atoms with Gasteiger partial charge in [0.15, 0.2) is 6.10 Å². The number of H-pyrrole nitrogens is 1. The highest BCUT2D eigenvalue weighted by atomic mass is 16.5. The van der Waals surface area contributed by atoms with Crippen LogP contribution in [-0.4, -0.2) is 61.7 Å². The summed E-state index contributed by atoms with van der Waals surface area (Å²) >= 11 is 0. The summed E-state index contributed by atoms with van der Waals surface area (Å²) in [6.07, 6.45) is 1.48. The second-order valence-corrected chi connectivity index (χ2v) is 5.69. The van der Waals surface area contributed by atoms with Gasteiger partial charge in [-0.25, -0.2) is 0 Å². The number of aromatic nitrogens is 1. The number of nitrogens with zero attached hydrogens (tertiary/aromatic N) is 1. The van der Waals surface area contributed by atoms with Crippen LogP contribution in [0, 0.1) is 0 Å². The lowest BCUT2D eigenvalue weighted by Crippen LogP contribution is -2.51. The highest BCUT2D eigenvalue weighted by Crippen LogP contribution is 2.29. The van der Waals surface area contributed by atoms with Crippen LogP contribution in [0.3, 0.4) is 0 Å². The Morgan fingerprint density at radius 1 is 1.46 bits per heavy atom. The molecule has 1 aliphatic heterocycles. The third kappa shape index (κ3) is 3.07.